The Morgan fingerprint density at radius 1 is 1.15 bits per heavy atom. The summed E-state index contributed by atoms with van der Waals surface area (Å²) in [6.45, 7) is 6.64. The number of nitrogens with one attached hydrogen (secondary N) is 2. The first-order valence-electron chi connectivity index (χ1n) is 10.6. The fraction of sp³-hybridized carbons (Fsp3) is 0.360. The molecule has 0 aliphatic carbocycles. The Labute approximate surface area is 191 Å². The van der Waals surface area contributed by atoms with Gasteiger partial charge in [-0.15, -0.1) is 0 Å². The molecule has 2 N–H and O–H groups in total. The normalized spacial score (nSPS) is 11.7. The first-order chi connectivity index (χ1) is 15.5. The topological polar surface area (TPSA) is 65.7 Å². The molecule has 0 aliphatic heterocycles. The minimum absolute atomic E-state index is 0.138. The van der Waals surface area contributed by atoms with Crippen molar-refractivity contribution in [2.24, 2.45) is 0 Å². The first-order valence-corrected chi connectivity index (χ1v) is 10.6. The summed E-state index contributed by atoms with van der Waals surface area (Å²) in [5, 5.41) is 16.3. The summed E-state index contributed by atoms with van der Waals surface area (Å²) >= 11 is 0. The van der Waals surface area contributed by atoms with Gasteiger partial charge < -0.3 is 15.2 Å². The fourth-order valence-corrected chi connectivity index (χ4v) is 3.38. The van der Waals surface area contributed by atoms with E-state index in [4.69, 9.17) is 0 Å². The Bertz CT molecular complexity index is 1220. The van der Waals surface area contributed by atoms with Crippen LogP contribution in [0.5, 0.6) is 0 Å². The minimum Gasteiger partial charge on any atom is -0.382 e. The van der Waals surface area contributed by atoms with Crippen LogP contribution in [0.4, 0.5) is 24.5 Å². The largest absolute Gasteiger partial charge is 0.406 e. The van der Waals surface area contributed by atoms with Gasteiger partial charge in [0, 0.05) is 17.1 Å². The molecule has 0 radical (unpaired) electrons. The smallest absolute Gasteiger partial charge is 0.382 e. The highest BCUT2D eigenvalue weighted by atomic mass is 19.4. The summed E-state index contributed by atoms with van der Waals surface area (Å²) in [5.74, 6) is 5.78. The molecule has 8 heteroatoms. The summed E-state index contributed by atoms with van der Waals surface area (Å²) in [7, 11) is 0. The van der Waals surface area contributed by atoms with Gasteiger partial charge in [-0.25, -0.2) is 0 Å². The second kappa shape index (κ2) is 9.46. The fourth-order valence-electron chi connectivity index (χ4n) is 3.38. The van der Waals surface area contributed by atoms with E-state index in [1.165, 1.54) is 4.57 Å². The summed E-state index contributed by atoms with van der Waals surface area (Å²) in [4.78, 5) is 4.31. The van der Waals surface area contributed by atoms with Crippen LogP contribution in [-0.4, -0.2) is 28.3 Å². The number of hydrogen-bond donors (Lipinski definition) is 2. The van der Waals surface area contributed by atoms with Gasteiger partial charge in [0.1, 0.15) is 6.54 Å². The second-order valence-corrected chi connectivity index (χ2v) is 8.59. The predicted octanol–water partition coefficient (Wildman–Crippen LogP) is 5.68. The lowest BCUT2D eigenvalue weighted by atomic mass is 9.91. The van der Waals surface area contributed by atoms with Crippen molar-refractivity contribution in [2.75, 3.05) is 17.2 Å². The summed E-state index contributed by atoms with van der Waals surface area (Å²) in [6, 6.07) is 12.9. The highest BCUT2D eigenvalue weighted by Crippen LogP contribution is 2.30. The van der Waals surface area contributed by atoms with Crippen molar-refractivity contribution >= 4 is 22.3 Å². The zero-order valence-electron chi connectivity index (χ0n) is 19.0. The number of fused-ring (bicyclic) bond motifs is 1. The number of aromatic nitrogens is 2. The Kier molecular flexibility index (Phi) is 6.88. The lowest BCUT2D eigenvalue weighted by Gasteiger charge is -2.14. The van der Waals surface area contributed by atoms with E-state index in [0.29, 0.717) is 28.0 Å². The number of hydrogen-bond acceptors (Lipinski definition) is 4. The molecule has 0 bridgehead atoms. The highest BCUT2D eigenvalue weighted by Gasteiger charge is 2.30. The average molecular weight is 454 g/mol. The molecule has 33 heavy (non-hydrogen) atoms. The molecule has 3 aromatic rings. The number of pyridine rings is 1. The van der Waals surface area contributed by atoms with Crippen molar-refractivity contribution in [1.29, 1.82) is 5.26 Å². The lowest BCUT2D eigenvalue weighted by molar-refractivity contribution is -0.140. The maximum Gasteiger partial charge on any atom is 0.406 e. The van der Waals surface area contributed by atoms with E-state index in [1.54, 1.807) is 50.4 Å². The van der Waals surface area contributed by atoms with Gasteiger partial charge in [0.2, 0.25) is 0 Å². The maximum absolute atomic E-state index is 13.3. The van der Waals surface area contributed by atoms with Crippen LogP contribution in [0.15, 0.2) is 42.6 Å². The molecule has 0 atom stereocenters. The number of benzene rings is 1. The van der Waals surface area contributed by atoms with E-state index in [9.17, 15) is 18.4 Å². The number of nitrogens with zero attached hydrogens (tertiary/aromatic N) is 3. The van der Waals surface area contributed by atoms with Gasteiger partial charge in [0.25, 0.3) is 0 Å². The maximum atomic E-state index is 13.3. The van der Waals surface area contributed by atoms with E-state index in [2.05, 4.69) is 33.5 Å². The van der Waals surface area contributed by atoms with Crippen LogP contribution in [0.3, 0.4) is 0 Å². The number of alkyl halides is 3. The van der Waals surface area contributed by atoms with E-state index < -0.39 is 18.1 Å². The molecule has 0 spiro atoms. The quantitative estimate of drug-likeness (QED) is 0.471. The van der Waals surface area contributed by atoms with Crippen molar-refractivity contribution in [3.63, 3.8) is 0 Å². The SMILES string of the molecule is CC(C)Nc1cccc2c1cc(C#CCNc1ccc(C(C)(C)C#N)nc1)n2CC(F)(F)F. The van der Waals surface area contributed by atoms with E-state index in [0.717, 1.165) is 5.69 Å². The average Bonchev–Trinajstić information content (AvgIpc) is 3.08. The molecule has 1 aromatic carbocycles. The monoisotopic (exact) mass is 453 g/mol. The standard InChI is InChI=1S/C25H26F3N5/c1-17(2)32-21-8-5-9-22-20(21)13-19(33(22)16-25(26,27)28)7-6-12-30-18-10-11-23(31-14-18)24(3,4)15-29/h5,8-11,13-14,17,30,32H,12,16H2,1-4H3. The number of anilines is 2. The molecule has 0 amide bonds. The van der Waals surface area contributed by atoms with Gasteiger partial charge >= 0.3 is 6.18 Å². The van der Waals surface area contributed by atoms with Gasteiger partial charge in [0.15, 0.2) is 0 Å². The molecule has 2 aromatic heterocycles. The number of nitriles is 1. The van der Waals surface area contributed by atoms with Crippen LogP contribution in [0.25, 0.3) is 10.9 Å². The van der Waals surface area contributed by atoms with Gasteiger partial charge in [-0.2, -0.15) is 18.4 Å². The molecule has 0 unspecified atom stereocenters. The van der Waals surface area contributed by atoms with Gasteiger partial charge in [-0.3, -0.25) is 4.98 Å². The van der Waals surface area contributed by atoms with Crippen LogP contribution >= 0.6 is 0 Å². The molecule has 2 heterocycles. The zero-order valence-corrected chi connectivity index (χ0v) is 19.0. The molecule has 5 nitrogen and oxygen atoms in total. The van der Waals surface area contributed by atoms with Crippen LogP contribution in [0, 0.1) is 23.2 Å². The zero-order chi connectivity index (χ0) is 24.2. The Morgan fingerprint density at radius 2 is 1.91 bits per heavy atom. The summed E-state index contributed by atoms with van der Waals surface area (Å²) < 4.78 is 41.0. The molecule has 0 aliphatic rings. The molecule has 3 rings (SSSR count). The van der Waals surface area contributed by atoms with Crippen molar-refractivity contribution in [2.45, 2.75) is 51.9 Å². The third-order valence-corrected chi connectivity index (χ3v) is 5.01. The summed E-state index contributed by atoms with van der Waals surface area (Å²) in [6.07, 6.45) is -2.76. The second-order valence-electron chi connectivity index (χ2n) is 8.59. The predicted molar refractivity (Wildman–Crippen MR) is 125 cm³/mol. The van der Waals surface area contributed by atoms with Crippen LogP contribution in [0.2, 0.25) is 0 Å². The molecule has 0 saturated carbocycles. The van der Waals surface area contributed by atoms with Gasteiger partial charge in [0.05, 0.1) is 46.8 Å². The van der Waals surface area contributed by atoms with E-state index in [1.807, 2.05) is 19.9 Å². The molecule has 0 saturated heterocycles. The third kappa shape index (κ3) is 5.98. The summed E-state index contributed by atoms with van der Waals surface area (Å²) in [5.41, 5.74) is 2.23. The number of halogens is 3. The first kappa shape index (κ1) is 24.0. The van der Waals surface area contributed by atoms with Gasteiger partial charge in [-0.1, -0.05) is 12.0 Å². The Balaban J connectivity index is 1.84. The molecule has 0 fully saturated rings. The Hall–Kier alpha value is -3.65. The van der Waals surface area contributed by atoms with Crippen molar-refractivity contribution in [3.05, 3.63) is 54.0 Å². The van der Waals surface area contributed by atoms with Gasteiger partial charge in [-0.05, 0) is 63.9 Å². The molecular formula is C25H26F3N5. The van der Waals surface area contributed by atoms with Crippen LogP contribution in [0.1, 0.15) is 39.1 Å². The van der Waals surface area contributed by atoms with Crippen LogP contribution in [-0.2, 0) is 12.0 Å². The van der Waals surface area contributed by atoms with Crippen LogP contribution < -0.4 is 10.6 Å². The lowest BCUT2D eigenvalue weighted by Crippen LogP contribution is -2.18. The number of rotatable bonds is 6. The van der Waals surface area contributed by atoms with Crippen molar-refractivity contribution in [1.82, 2.24) is 9.55 Å². The minimum atomic E-state index is -4.37. The van der Waals surface area contributed by atoms with E-state index in [-0.39, 0.29) is 12.6 Å². The molecular weight excluding hydrogens is 427 g/mol. The Morgan fingerprint density at radius 3 is 2.52 bits per heavy atom. The van der Waals surface area contributed by atoms with E-state index >= 15 is 0 Å². The third-order valence-electron chi connectivity index (χ3n) is 5.01. The van der Waals surface area contributed by atoms with Crippen molar-refractivity contribution < 1.29 is 13.2 Å². The highest BCUT2D eigenvalue weighted by molar-refractivity contribution is 5.94. The molecule has 172 valence electrons. The van der Waals surface area contributed by atoms with Crippen molar-refractivity contribution in [3.8, 4) is 17.9 Å².